The SMILES string of the molecule is CCCC1(C(=O)NCCCCCCC(C)C)CCNC1. The molecule has 1 rings (SSSR count). The van der Waals surface area contributed by atoms with Gasteiger partial charge in [0.1, 0.15) is 0 Å². The summed E-state index contributed by atoms with van der Waals surface area (Å²) in [5.74, 6) is 1.10. The molecule has 0 aliphatic carbocycles. The Labute approximate surface area is 125 Å². The third-order valence-corrected chi connectivity index (χ3v) is 4.45. The molecule has 3 nitrogen and oxygen atoms in total. The van der Waals surface area contributed by atoms with Crippen LogP contribution in [0.4, 0.5) is 0 Å². The lowest BCUT2D eigenvalue weighted by Gasteiger charge is -2.26. The minimum atomic E-state index is -0.119. The van der Waals surface area contributed by atoms with E-state index in [4.69, 9.17) is 0 Å². The van der Waals surface area contributed by atoms with Crippen LogP contribution in [0.5, 0.6) is 0 Å². The van der Waals surface area contributed by atoms with Gasteiger partial charge >= 0.3 is 0 Å². The molecule has 1 unspecified atom stereocenters. The van der Waals surface area contributed by atoms with Crippen molar-refractivity contribution < 1.29 is 4.79 Å². The third-order valence-electron chi connectivity index (χ3n) is 4.45. The minimum Gasteiger partial charge on any atom is -0.356 e. The first-order valence-electron chi connectivity index (χ1n) is 8.60. The molecule has 1 aliphatic heterocycles. The van der Waals surface area contributed by atoms with Crippen LogP contribution < -0.4 is 10.6 Å². The van der Waals surface area contributed by atoms with E-state index in [2.05, 4.69) is 31.4 Å². The summed E-state index contributed by atoms with van der Waals surface area (Å²) in [7, 11) is 0. The molecular weight excluding hydrogens is 248 g/mol. The van der Waals surface area contributed by atoms with Gasteiger partial charge in [0.25, 0.3) is 0 Å². The van der Waals surface area contributed by atoms with Crippen LogP contribution in [-0.2, 0) is 4.79 Å². The van der Waals surface area contributed by atoms with Gasteiger partial charge in [0.2, 0.25) is 5.91 Å². The van der Waals surface area contributed by atoms with Crippen LogP contribution in [0.3, 0.4) is 0 Å². The first-order chi connectivity index (χ1) is 9.60. The zero-order chi connectivity index (χ0) is 14.8. The zero-order valence-electron chi connectivity index (χ0n) is 13.8. The van der Waals surface area contributed by atoms with Crippen molar-refractivity contribution in [3.05, 3.63) is 0 Å². The largest absolute Gasteiger partial charge is 0.356 e. The smallest absolute Gasteiger partial charge is 0.227 e. The molecule has 1 amide bonds. The summed E-state index contributed by atoms with van der Waals surface area (Å²) in [6, 6.07) is 0. The maximum Gasteiger partial charge on any atom is 0.227 e. The molecule has 0 saturated carbocycles. The van der Waals surface area contributed by atoms with Crippen molar-refractivity contribution in [1.82, 2.24) is 10.6 Å². The van der Waals surface area contributed by atoms with E-state index in [-0.39, 0.29) is 11.3 Å². The van der Waals surface area contributed by atoms with Gasteiger partial charge in [0.05, 0.1) is 5.41 Å². The van der Waals surface area contributed by atoms with Crippen molar-refractivity contribution in [3.8, 4) is 0 Å². The molecule has 0 radical (unpaired) electrons. The van der Waals surface area contributed by atoms with E-state index in [0.717, 1.165) is 51.2 Å². The monoisotopic (exact) mass is 282 g/mol. The van der Waals surface area contributed by atoms with E-state index >= 15 is 0 Å². The Bertz CT molecular complexity index is 270. The molecule has 0 bridgehead atoms. The molecular formula is C17H34N2O. The first kappa shape index (κ1) is 17.5. The first-order valence-corrected chi connectivity index (χ1v) is 8.60. The van der Waals surface area contributed by atoms with Gasteiger partial charge in [0, 0.05) is 13.1 Å². The average molecular weight is 282 g/mol. The maximum absolute atomic E-state index is 12.4. The van der Waals surface area contributed by atoms with Gasteiger partial charge in [-0.1, -0.05) is 52.9 Å². The van der Waals surface area contributed by atoms with E-state index < -0.39 is 0 Å². The molecule has 0 aromatic rings. The Balaban J connectivity index is 2.12. The molecule has 2 N–H and O–H groups in total. The van der Waals surface area contributed by atoms with Crippen molar-refractivity contribution in [1.29, 1.82) is 0 Å². The number of carbonyl (C=O) groups is 1. The highest BCUT2D eigenvalue weighted by Crippen LogP contribution is 2.31. The van der Waals surface area contributed by atoms with Gasteiger partial charge < -0.3 is 10.6 Å². The summed E-state index contributed by atoms with van der Waals surface area (Å²) in [6.45, 7) is 9.43. The Hall–Kier alpha value is -0.570. The molecule has 1 heterocycles. The quantitative estimate of drug-likeness (QED) is 0.602. The van der Waals surface area contributed by atoms with Crippen molar-refractivity contribution in [2.75, 3.05) is 19.6 Å². The lowest BCUT2D eigenvalue weighted by molar-refractivity contribution is -0.130. The second kappa shape index (κ2) is 9.38. The second-order valence-corrected chi connectivity index (χ2v) is 6.81. The normalized spacial score (nSPS) is 22.4. The summed E-state index contributed by atoms with van der Waals surface area (Å²) < 4.78 is 0. The summed E-state index contributed by atoms with van der Waals surface area (Å²) in [5, 5.41) is 6.52. The van der Waals surface area contributed by atoms with Crippen LogP contribution in [0.25, 0.3) is 0 Å². The van der Waals surface area contributed by atoms with E-state index in [1.807, 2.05) is 0 Å². The molecule has 20 heavy (non-hydrogen) atoms. The van der Waals surface area contributed by atoms with Crippen LogP contribution in [0, 0.1) is 11.3 Å². The number of amides is 1. The number of rotatable bonds is 10. The van der Waals surface area contributed by atoms with Crippen LogP contribution in [0.15, 0.2) is 0 Å². The summed E-state index contributed by atoms with van der Waals surface area (Å²) in [5.41, 5.74) is -0.119. The molecule has 1 atom stereocenters. The highest BCUT2D eigenvalue weighted by molar-refractivity contribution is 5.83. The van der Waals surface area contributed by atoms with Crippen LogP contribution in [0.1, 0.15) is 72.1 Å². The lowest BCUT2D eigenvalue weighted by Crippen LogP contribution is -2.42. The Morgan fingerprint density at radius 1 is 1.25 bits per heavy atom. The minimum absolute atomic E-state index is 0.119. The van der Waals surface area contributed by atoms with Gasteiger partial charge in [-0.05, 0) is 31.7 Å². The predicted octanol–water partition coefficient (Wildman–Crippen LogP) is 3.49. The van der Waals surface area contributed by atoms with Gasteiger partial charge in [-0.15, -0.1) is 0 Å². The molecule has 3 heteroatoms. The standard InChI is InChI=1S/C17H34N2O/c1-4-10-17(11-13-18-14-17)16(20)19-12-8-6-5-7-9-15(2)3/h15,18H,4-14H2,1-3H3,(H,19,20). The highest BCUT2D eigenvalue weighted by Gasteiger charge is 2.39. The summed E-state index contributed by atoms with van der Waals surface area (Å²) >= 11 is 0. The van der Waals surface area contributed by atoms with E-state index in [0.29, 0.717) is 0 Å². The third kappa shape index (κ3) is 5.82. The van der Waals surface area contributed by atoms with E-state index in [1.165, 1.54) is 25.7 Å². The number of nitrogens with one attached hydrogen (secondary N) is 2. The fourth-order valence-corrected chi connectivity index (χ4v) is 3.16. The lowest BCUT2D eigenvalue weighted by atomic mass is 9.81. The highest BCUT2D eigenvalue weighted by atomic mass is 16.2. The van der Waals surface area contributed by atoms with Crippen LogP contribution >= 0.6 is 0 Å². The zero-order valence-corrected chi connectivity index (χ0v) is 13.8. The van der Waals surface area contributed by atoms with Crippen LogP contribution in [0.2, 0.25) is 0 Å². The fourth-order valence-electron chi connectivity index (χ4n) is 3.16. The number of hydrogen-bond donors (Lipinski definition) is 2. The Kier molecular flexibility index (Phi) is 8.20. The van der Waals surface area contributed by atoms with Gasteiger partial charge in [-0.25, -0.2) is 0 Å². The Morgan fingerprint density at radius 3 is 2.60 bits per heavy atom. The fraction of sp³-hybridized carbons (Fsp3) is 0.941. The summed E-state index contributed by atoms with van der Waals surface area (Å²) in [6.07, 6.45) is 9.43. The van der Waals surface area contributed by atoms with Crippen molar-refractivity contribution >= 4 is 5.91 Å². The predicted molar refractivity (Wildman–Crippen MR) is 85.8 cm³/mol. The molecule has 1 aliphatic rings. The topological polar surface area (TPSA) is 41.1 Å². The number of carbonyl (C=O) groups excluding carboxylic acids is 1. The van der Waals surface area contributed by atoms with Crippen molar-refractivity contribution in [2.45, 2.75) is 72.1 Å². The Morgan fingerprint density at radius 2 is 2.00 bits per heavy atom. The van der Waals surface area contributed by atoms with Crippen molar-refractivity contribution in [3.63, 3.8) is 0 Å². The van der Waals surface area contributed by atoms with Gasteiger partial charge in [0.15, 0.2) is 0 Å². The molecule has 0 spiro atoms. The van der Waals surface area contributed by atoms with Gasteiger partial charge in [-0.2, -0.15) is 0 Å². The molecule has 1 fully saturated rings. The molecule has 118 valence electrons. The second-order valence-electron chi connectivity index (χ2n) is 6.81. The van der Waals surface area contributed by atoms with Gasteiger partial charge in [-0.3, -0.25) is 4.79 Å². The average Bonchev–Trinajstić information content (AvgIpc) is 2.87. The maximum atomic E-state index is 12.4. The molecule has 0 aromatic carbocycles. The molecule has 0 aromatic heterocycles. The van der Waals surface area contributed by atoms with Crippen molar-refractivity contribution in [2.24, 2.45) is 11.3 Å². The molecule has 1 saturated heterocycles. The van der Waals surface area contributed by atoms with E-state index in [1.54, 1.807) is 0 Å². The number of hydrogen-bond acceptors (Lipinski definition) is 2. The summed E-state index contributed by atoms with van der Waals surface area (Å²) in [4.78, 5) is 12.4. The van der Waals surface area contributed by atoms with Crippen LogP contribution in [-0.4, -0.2) is 25.5 Å². The van der Waals surface area contributed by atoms with E-state index in [9.17, 15) is 4.79 Å². The number of unbranched alkanes of at least 4 members (excludes halogenated alkanes) is 3.